The van der Waals surface area contributed by atoms with E-state index in [1.165, 1.54) is 5.56 Å². The standard InChI is InChI=1S/C18H17N3O/c22-17-14-9-4-5-10-15(14)19-18(20-17)21-12-6-11-16(21)13-7-2-1-3-8-13/h1-5,7-10,16H,6,11-12H2,(H,19,20,22). The van der Waals surface area contributed by atoms with E-state index >= 15 is 0 Å². The second-order valence-electron chi connectivity index (χ2n) is 5.67. The molecule has 4 nitrogen and oxygen atoms in total. The van der Waals surface area contributed by atoms with Crippen molar-refractivity contribution in [2.75, 3.05) is 11.4 Å². The summed E-state index contributed by atoms with van der Waals surface area (Å²) in [6.45, 7) is 0.918. The third-order valence-electron chi connectivity index (χ3n) is 4.31. The average Bonchev–Trinajstić information content (AvgIpc) is 3.05. The zero-order valence-corrected chi connectivity index (χ0v) is 12.2. The number of aromatic nitrogens is 2. The molecule has 1 aliphatic heterocycles. The number of para-hydroxylation sites is 1. The first-order chi connectivity index (χ1) is 10.8. The average molecular weight is 291 g/mol. The monoisotopic (exact) mass is 291 g/mol. The minimum Gasteiger partial charge on any atom is -0.335 e. The molecule has 4 rings (SSSR count). The summed E-state index contributed by atoms with van der Waals surface area (Å²) in [7, 11) is 0. The molecule has 2 aromatic carbocycles. The summed E-state index contributed by atoms with van der Waals surface area (Å²) in [5.41, 5.74) is 1.95. The number of nitrogens with one attached hydrogen (secondary N) is 1. The normalized spacial score (nSPS) is 18.0. The van der Waals surface area contributed by atoms with Gasteiger partial charge in [0, 0.05) is 6.54 Å². The zero-order chi connectivity index (χ0) is 14.9. The number of nitrogens with zero attached hydrogens (tertiary/aromatic N) is 2. The van der Waals surface area contributed by atoms with E-state index in [1.807, 2.05) is 30.3 Å². The number of rotatable bonds is 2. The summed E-state index contributed by atoms with van der Waals surface area (Å²) >= 11 is 0. The summed E-state index contributed by atoms with van der Waals surface area (Å²) in [6, 6.07) is 18.2. The molecule has 1 saturated heterocycles. The zero-order valence-electron chi connectivity index (χ0n) is 12.2. The highest BCUT2D eigenvalue weighted by atomic mass is 16.1. The molecular weight excluding hydrogens is 274 g/mol. The number of benzene rings is 2. The number of hydrogen-bond donors (Lipinski definition) is 1. The fraction of sp³-hybridized carbons (Fsp3) is 0.222. The van der Waals surface area contributed by atoms with Gasteiger partial charge < -0.3 is 4.90 Å². The van der Waals surface area contributed by atoms with Crippen molar-refractivity contribution in [1.29, 1.82) is 0 Å². The van der Waals surface area contributed by atoms with E-state index in [-0.39, 0.29) is 11.6 Å². The van der Waals surface area contributed by atoms with Gasteiger partial charge in [0.05, 0.1) is 16.9 Å². The second-order valence-corrected chi connectivity index (χ2v) is 5.67. The van der Waals surface area contributed by atoms with Gasteiger partial charge in [0.2, 0.25) is 5.95 Å². The maximum atomic E-state index is 12.3. The van der Waals surface area contributed by atoms with Crippen LogP contribution in [0.15, 0.2) is 59.4 Å². The largest absolute Gasteiger partial charge is 0.335 e. The van der Waals surface area contributed by atoms with Gasteiger partial charge in [-0.15, -0.1) is 0 Å². The molecule has 3 aromatic rings. The Bertz CT molecular complexity index is 857. The van der Waals surface area contributed by atoms with Crippen LogP contribution in [-0.2, 0) is 0 Å². The smallest absolute Gasteiger partial charge is 0.260 e. The fourth-order valence-corrected chi connectivity index (χ4v) is 3.25. The Hall–Kier alpha value is -2.62. The summed E-state index contributed by atoms with van der Waals surface area (Å²) < 4.78 is 0. The Morgan fingerprint density at radius 1 is 1.05 bits per heavy atom. The van der Waals surface area contributed by atoms with Crippen LogP contribution in [0.25, 0.3) is 10.9 Å². The third kappa shape index (κ3) is 2.17. The Balaban J connectivity index is 1.79. The predicted octanol–water partition coefficient (Wildman–Crippen LogP) is 3.26. The summed E-state index contributed by atoms with van der Waals surface area (Å²) in [4.78, 5) is 22.1. The van der Waals surface area contributed by atoms with Crippen LogP contribution in [-0.4, -0.2) is 16.5 Å². The number of hydrogen-bond acceptors (Lipinski definition) is 3. The van der Waals surface area contributed by atoms with Crippen LogP contribution < -0.4 is 10.5 Å². The summed E-state index contributed by atoms with van der Waals surface area (Å²) in [5, 5.41) is 0.640. The minimum absolute atomic E-state index is 0.0701. The van der Waals surface area contributed by atoms with Gasteiger partial charge in [-0.2, -0.15) is 0 Å². The quantitative estimate of drug-likeness (QED) is 0.788. The van der Waals surface area contributed by atoms with Crippen LogP contribution in [0.4, 0.5) is 5.95 Å². The molecular formula is C18H17N3O. The van der Waals surface area contributed by atoms with Crippen LogP contribution in [0.2, 0.25) is 0 Å². The van der Waals surface area contributed by atoms with Gasteiger partial charge in [-0.3, -0.25) is 9.78 Å². The van der Waals surface area contributed by atoms with Gasteiger partial charge in [-0.25, -0.2) is 4.98 Å². The van der Waals surface area contributed by atoms with E-state index in [0.29, 0.717) is 11.3 Å². The van der Waals surface area contributed by atoms with Gasteiger partial charge >= 0.3 is 0 Å². The molecule has 0 aliphatic carbocycles. The van der Waals surface area contributed by atoms with Crippen LogP contribution in [0, 0.1) is 0 Å². The molecule has 0 radical (unpaired) electrons. The molecule has 0 bridgehead atoms. The van der Waals surface area contributed by atoms with Crippen molar-refractivity contribution in [3.8, 4) is 0 Å². The molecule has 1 fully saturated rings. The van der Waals surface area contributed by atoms with Crippen molar-refractivity contribution >= 4 is 16.9 Å². The van der Waals surface area contributed by atoms with Gasteiger partial charge in [0.1, 0.15) is 0 Å². The number of anilines is 1. The summed E-state index contributed by atoms with van der Waals surface area (Å²) in [6.07, 6.45) is 2.19. The van der Waals surface area contributed by atoms with Crippen LogP contribution in [0.5, 0.6) is 0 Å². The lowest BCUT2D eigenvalue weighted by Gasteiger charge is -2.25. The Kier molecular flexibility index (Phi) is 3.15. The van der Waals surface area contributed by atoms with E-state index in [1.54, 1.807) is 0 Å². The molecule has 1 unspecified atom stereocenters. The molecule has 1 aliphatic rings. The molecule has 1 atom stereocenters. The Morgan fingerprint density at radius 3 is 2.68 bits per heavy atom. The highest BCUT2D eigenvalue weighted by Gasteiger charge is 2.27. The van der Waals surface area contributed by atoms with Crippen molar-refractivity contribution in [2.24, 2.45) is 0 Å². The van der Waals surface area contributed by atoms with Gasteiger partial charge in [0.15, 0.2) is 0 Å². The molecule has 4 heteroatoms. The van der Waals surface area contributed by atoms with E-state index in [9.17, 15) is 4.79 Å². The Labute approximate surface area is 128 Å². The summed E-state index contributed by atoms with van der Waals surface area (Å²) in [5.74, 6) is 0.676. The van der Waals surface area contributed by atoms with Crippen molar-refractivity contribution in [3.05, 3.63) is 70.5 Å². The Morgan fingerprint density at radius 2 is 1.82 bits per heavy atom. The SMILES string of the molecule is O=c1[nH]c(N2CCCC2c2ccccc2)nc2ccccc12. The van der Waals surface area contributed by atoms with Crippen molar-refractivity contribution in [3.63, 3.8) is 0 Å². The van der Waals surface area contributed by atoms with Crippen molar-refractivity contribution in [2.45, 2.75) is 18.9 Å². The van der Waals surface area contributed by atoms with Gasteiger partial charge in [-0.1, -0.05) is 42.5 Å². The minimum atomic E-state index is -0.0701. The molecule has 1 N–H and O–H groups in total. The fourth-order valence-electron chi connectivity index (χ4n) is 3.25. The first kappa shape index (κ1) is 13.1. The van der Waals surface area contributed by atoms with Crippen LogP contribution in [0.1, 0.15) is 24.4 Å². The number of aromatic amines is 1. The van der Waals surface area contributed by atoms with E-state index in [4.69, 9.17) is 0 Å². The molecule has 1 aromatic heterocycles. The highest BCUT2D eigenvalue weighted by molar-refractivity contribution is 5.78. The van der Waals surface area contributed by atoms with E-state index < -0.39 is 0 Å². The van der Waals surface area contributed by atoms with Crippen LogP contribution >= 0.6 is 0 Å². The van der Waals surface area contributed by atoms with Gasteiger partial charge in [0.25, 0.3) is 5.56 Å². The van der Waals surface area contributed by atoms with Crippen molar-refractivity contribution < 1.29 is 0 Å². The lowest BCUT2D eigenvalue weighted by molar-refractivity contribution is 0.702. The third-order valence-corrected chi connectivity index (χ3v) is 4.31. The molecule has 0 spiro atoms. The predicted molar refractivity (Wildman–Crippen MR) is 88.1 cm³/mol. The van der Waals surface area contributed by atoms with E-state index in [2.05, 4.69) is 39.1 Å². The molecule has 0 saturated carbocycles. The lowest BCUT2D eigenvalue weighted by atomic mass is 10.1. The highest BCUT2D eigenvalue weighted by Crippen LogP contribution is 2.34. The van der Waals surface area contributed by atoms with Crippen molar-refractivity contribution in [1.82, 2.24) is 9.97 Å². The molecule has 22 heavy (non-hydrogen) atoms. The molecule has 2 heterocycles. The topological polar surface area (TPSA) is 49.0 Å². The molecule has 110 valence electrons. The second kappa shape index (κ2) is 5.30. The molecule has 0 amide bonds. The maximum absolute atomic E-state index is 12.3. The number of fused-ring (bicyclic) bond motifs is 1. The van der Waals surface area contributed by atoms with Gasteiger partial charge in [-0.05, 0) is 30.5 Å². The van der Waals surface area contributed by atoms with Crippen LogP contribution in [0.3, 0.4) is 0 Å². The first-order valence-electron chi connectivity index (χ1n) is 7.63. The van der Waals surface area contributed by atoms with E-state index in [0.717, 1.165) is 24.9 Å². The maximum Gasteiger partial charge on any atom is 0.260 e. The number of H-pyrrole nitrogens is 1. The lowest BCUT2D eigenvalue weighted by Crippen LogP contribution is -2.27. The first-order valence-corrected chi connectivity index (χ1v) is 7.63.